The molecule has 1 aromatic heterocycles. The van der Waals surface area contributed by atoms with Gasteiger partial charge < -0.3 is 14.5 Å². The molecule has 4 rings (SSSR count). The number of carbonyl (C=O) groups is 1. The maximum Gasteiger partial charge on any atom is 0.257 e. The molecule has 2 atom stereocenters. The smallest absolute Gasteiger partial charge is 0.257 e. The minimum absolute atomic E-state index is 0.0359. The van der Waals surface area contributed by atoms with Crippen LogP contribution in [0.3, 0.4) is 0 Å². The van der Waals surface area contributed by atoms with Crippen molar-refractivity contribution in [2.24, 2.45) is 0 Å². The second-order valence-electron chi connectivity index (χ2n) is 7.03. The second-order valence-corrected chi connectivity index (χ2v) is 8.32. The number of ether oxygens (including phenoxy) is 1. The van der Waals surface area contributed by atoms with Gasteiger partial charge in [-0.25, -0.2) is 4.98 Å². The van der Waals surface area contributed by atoms with Crippen molar-refractivity contribution >= 4 is 17.7 Å². The van der Waals surface area contributed by atoms with Gasteiger partial charge in [-0.3, -0.25) is 4.79 Å². The van der Waals surface area contributed by atoms with Gasteiger partial charge >= 0.3 is 0 Å². The summed E-state index contributed by atoms with van der Waals surface area (Å²) in [5, 5.41) is 3.15. The molecule has 1 aliphatic rings. The number of hydrogen-bond acceptors (Lipinski definition) is 5. The maximum absolute atomic E-state index is 12.5. The molecule has 2 aromatic carbocycles. The average molecular weight is 409 g/mol. The lowest BCUT2D eigenvalue weighted by Gasteiger charge is -2.13. The topological polar surface area (TPSA) is 64.4 Å². The van der Waals surface area contributed by atoms with Crippen molar-refractivity contribution in [3.63, 3.8) is 0 Å². The fourth-order valence-corrected chi connectivity index (χ4v) is 4.06. The third-order valence-corrected chi connectivity index (χ3v) is 5.81. The normalized spacial score (nSPS) is 17.2. The van der Waals surface area contributed by atoms with Gasteiger partial charge in [-0.1, -0.05) is 72.4 Å². The Morgan fingerprint density at radius 2 is 1.83 bits per heavy atom. The highest BCUT2D eigenvalue weighted by molar-refractivity contribution is 8.00. The standard InChI is InChI=1S/C23H24N2O3S/c1-16(22(26)24-15-19-13-8-14-27-19)29-23-25-20(17-9-4-2-5-10-17)21(28-23)18-11-6-3-7-12-18/h2-7,9-12,16,19H,8,13-15H2,1H3,(H,24,26). The molecule has 1 saturated heterocycles. The SMILES string of the molecule is CC(Sc1nc(-c2ccccc2)c(-c2ccccc2)o1)C(=O)NCC1CCCO1. The van der Waals surface area contributed by atoms with Gasteiger partial charge in [0.25, 0.3) is 5.22 Å². The lowest BCUT2D eigenvalue weighted by molar-refractivity contribution is -0.120. The first-order valence-corrected chi connectivity index (χ1v) is 10.8. The van der Waals surface area contributed by atoms with Gasteiger partial charge in [0.2, 0.25) is 5.91 Å². The van der Waals surface area contributed by atoms with Crippen molar-refractivity contribution in [3.05, 3.63) is 60.7 Å². The van der Waals surface area contributed by atoms with Crippen LogP contribution in [0.15, 0.2) is 70.3 Å². The quantitative estimate of drug-likeness (QED) is 0.570. The summed E-state index contributed by atoms with van der Waals surface area (Å²) >= 11 is 1.33. The molecular formula is C23H24N2O3S. The highest BCUT2D eigenvalue weighted by Gasteiger charge is 2.23. The fourth-order valence-electron chi connectivity index (χ4n) is 3.30. The first kappa shape index (κ1) is 19.7. The number of rotatable bonds is 7. The van der Waals surface area contributed by atoms with E-state index >= 15 is 0 Å². The van der Waals surface area contributed by atoms with Gasteiger partial charge in [0.1, 0.15) is 5.69 Å². The molecule has 1 N–H and O–H groups in total. The Balaban J connectivity index is 1.51. The van der Waals surface area contributed by atoms with Gasteiger partial charge in [-0.15, -0.1) is 0 Å². The van der Waals surface area contributed by atoms with Crippen molar-refractivity contribution < 1.29 is 13.9 Å². The van der Waals surface area contributed by atoms with Crippen LogP contribution >= 0.6 is 11.8 Å². The van der Waals surface area contributed by atoms with E-state index < -0.39 is 0 Å². The molecule has 0 saturated carbocycles. The molecule has 1 fully saturated rings. The first-order valence-electron chi connectivity index (χ1n) is 9.88. The van der Waals surface area contributed by atoms with Crippen molar-refractivity contribution in [1.82, 2.24) is 10.3 Å². The molecule has 150 valence electrons. The van der Waals surface area contributed by atoms with E-state index in [1.165, 1.54) is 11.8 Å². The van der Waals surface area contributed by atoms with E-state index in [9.17, 15) is 4.79 Å². The van der Waals surface area contributed by atoms with Crippen LogP contribution in [0.1, 0.15) is 19.8 Å². The summed E-state index contributed by atoms with van der Waals surface area (Å²) in [7, 11) is 0. The highest BCUT2D eigenvalue weighted by atomic mass is 32.2. The molecule has 2 heterocycles. The van der Waals surface area contributed by atoms with Crippen LogP contribution in [-0.4, -0.2) is 35.4 Å². The zero-order valence-corrected chi connectivity index (χ0v) is 17.2. The van der Waals surface area contributed by atoms with Gasteiger partial charge in [0, 0.05) is 24.3 Å². The number of aromatic nitrogens is 1. The van der Waals surface area contributed by atoms with Crippen molar-refractivity contribution in [1.29, 1.82) is 0 Å². The van der Waals surface area contributed by atoms with Gasteiger partial charge in [-0.2, -0.15) is 0 Å². The molecule has 5 nitrogen and oxygen atoms in total. The van der Waals surface area contributed by atoms with Crippen LogP contribution in [0.5, 0.6) is 0 Å². The molecule has 3 aromatic rings. The summed E-state index contributed by atoms with van der Waals surface area (Å²) in [6.45, 7) is 3.20. The number of nitrogens with zero attached hydrogens (tertiary/aromatic N) is 1. The minimum Gasteiger partial charge on any atom is -0.431 e. The lowest BCUT2D eigenvalue weighted by atomic mass is 10.1. The Labute approximate surface area is 174 Å². The first-order chi connectivity index (χ1) is 14.2. The van der Waals surface area contributed by atoms with Crippen LogP contribution < -0.4 is 5.32 Å². The lowest BCUT2D eigenvalue weighted by Crippen LogP contribution is -2.36. The van der Waals surface area contributed by atoms with E-state index in [0.717, 1.165) is 36.3 Å². The number of nitrogens with one attached hydrogen (secondary N) is 1. The Morgan fingerprint density at radius 1 is 1.14 bits per heavy atom. The number of thioether (sulfide) groups is 1. The number of carbonyl (C=O) groups excluding carboxylic acids is 1. The van der Waals surface area contributed by atoms with E-state index in [-0.39, 0.29) is 17.3 Å². The molecule has 0 bridgehead atoms. The number of benzene rings is 2. The van der Waals surface area contributed by atoms with Gasteiger partial charge in [-0.05, 0) is 19.8 Å². The van der Waals surface area contributed by atoms with Crippen LogP contribution in [0.2, 0.25) is 0 Å². The van der Waals surface area contributed by atoms with E-state index in [1.807, 2.05) is 67.6 Å². The Bertz CT molecular complexity index is 880. The Kier molecular flexibility index (Phi) is 6.32. The molecule has 6 heteroatoms. The second kappa shape index (κ2) is 9.29. The Morgan fingerprint density at radius 3 is 2.48 bits per heavy atom. The maximum atomic E-state index is 12.5. The highest BCUT2D eigenvalue weighted by Crippen LogP contribution is 2.36. The zero-order valence-electron chi connectivity index (χ0n) is 16.3. The van der Waals surface area contributed by atoms with Crippen LogP contribution in [0.4, 0.5) is 0 Å². The molecule has 0 aliphatic carbocycles. The predicted octanol–water partition coefficient (Wildman–Crippen LogP) is 4.78. The molecule has 1 amide bonds. The minimum atomic E-state index is -0.317. The molecular weight excluding hydrogens is 384 g/mol. The zero-order chi connectivity index (χ0) is 20.1. The third-order valence-electron chi connectivity index (χ3n) is 4.87. The summed E-state index contributed by atoms with van der Waals surface area (Å²) < 4.78 is 11.7. The van der Waals surface area contributed by atoms with E-state index in [0.29, 0.717) is 17.5 Å². The monoisotopic (exact) mass is 408 g/mol. The summed E-state index contributed by atoms with van der Waals surface area (Å²) in [6, 6.07) is 19.9. The third kappa shape index (κ3) is 4.89. The van der Waals surface area contributed by atoms with Crippen molar-refractivity contribution in [2.45, 2.75) is 36.3 Å². The average Bonchev–Trinajstić information content (AvgIpc) is 3.43. The summed E-state index contributed by atoms with van der Waals surface area (Å²) in [5.74, 6) is 0.678. The van der Waals surface area contributed by atoms with Crippen LogP contribution in [-0.2, 0) is 9.53 Å². The van der Waals surface area contributed by atoms with Gasteiger partial charge in [0.15, 0.2) is 5.76 Å². The van der Waals surface area contributed by atoms with E-state index in [2.05, 4.69) is 5.32 Å². The summed E-state index contributed by atoms with van der Waals surface area (Å²) in [5.41, 5.74) is 2.73. The summed E-state index contributed by atoms with van der Waals surface area (Å²) in [6.07, 6.45) is 2.20. The molecule has 2 unspecified atom stereocenters. The van der Waals surface area contributed by atoms with Crippen LogP contribution in [0.25, 0.3) is 22.6 Å². The van der Waals surface area contributed by atoms with E-state index in [4.69, 9.17) is 14.1 Å². The number of hydrogen-bond donors (Lipinski definition) is 1. The van der Waals surface area contributed by atoms with Gasteiger partial charge in [0.05, 0.1) is 11.4 Å². The largest absolute Gasteiger partial charge is 0.431 e. The molecule has 29 heavy (non-hydrogen) atoms. The molecule has 0 spiro atoms. The molecule has 1 aliphatic heterocycles. The van der Waals surface area contributed by atoms with Crippen LogP contribution in [0, 0.1) is 0 Å². The van der Waals surface area contributed by atoms with Crippen molar-refractivity contribution in [3.8, 4) is 22.6 Å². The predicted molar refractivity (Wildman–Crippen MR) is 115 cm³/mol. The fraction of sp³-hybridized carbons (Fsp3) is 0.304. The number of amides is 1. The van der Waals surface area contributed by atoms with E-state index in [1.54, 1.807) is 0 Å². The Hall–Kier alpha value is -2.57. The summed E-state index contributed by atoms with van der Waals surface area (Å²) in [4.78, 5) is 17.2. The number of oxazole rings is 1. The van der Waals surface area contributed by atoms with Crippen molar-refractivity contribution in [2.75, 3.05) is 13.2 Å². The molecule has 0 radical (unpaired) electrons.